The summed E-state index contributed by atoms with van der Waals surface area (Å²) in [5.74, 6) is -1.36. The lowest BCUT2D eigenvalue weighted by Crippen LogP contribution is -1.95. The Labute approximate surface area is 93.7 Å². The first-order valence-corrected chi connectivity index (χ1v) is 4.66. The number of carboxylic acids is 1. The number of furan rings is 1. The van der Waals surface area contributed by atoms with Crippen LogP contribution in [0, 0.1) is 0 Å². The summed E-state index contributed by atoms with van der Waals surface area (Å²) in [5, 5.41) is 12.9. The first kappa shape index (κ1) is 9.52. The van der Waals surface area contributed by atoms with Crippen molar-refractivity contribution in [1.29, 1.82) is 0 Å². The summed E-state index contributed by atoms with van der Waals surface area (Å²) in [6, 6.07) is 5.24. The fourth-order valence-corrected chi connectivity index (χ4v) is 1.39. The van der Waals surface area contributed by atoms with E-state index in [2.05, 4.69) is 19.6 Å². The van der Waals surface area contributed by atoms with Gasteiger partial charge in [-0.15, -0.1) is 0 Å². The summed E-state index contributed by atoms with van der Waals surface area (Å²) in [6.45, 7) is 0. The van der Waals surface area contributed by atoms with Crippen molar-refractivity contribution in [3.63, 3.8) is 0 Å². The Morgan fingerprint density at radius 3 is 3.00 bits per heavy atom. The van der Waals surface area contributed by atoms with Crippen LogP contribution in [-0.2, 0) is 0 Å². The van der Waals surface area contributed by atoms with Crippen LogP contribution >= 0.6 is 0 Å². The van der Waals surface area contributed by atoms with Gasteiger partial charge in [0.25, 0.3) is 0 Å². The summed E-state index contributed by atoms with van der Waals surface area (Å²) in [5.41, 5.74) is 0.434. The molecule has 0 saturated carbocycles. The molecule has 0 radical (unpaired) electrons. The van der Waals surface area contributed by atoms with E-state index in [1.807, 2.05) is 6.07 Å². The third-order valence-electron chi connectivity index (χ3n) is 2.12. The smallest absolute Gasteiger partial charge is 0.394 e. The van der Waals surface area contributed by atoms with Crippen LogP contribution in [0.3, 0.4) is 0 Å². The molecule has 0 atom stereocenters. The van der Waals surface area contributed by atoms with E-state index >= 15 is 0 Å². The second kappa shape index (κ2) is 3.41. The molecular weight excluding hydrogens is 226 g/mol. The topological polar surface area (TPSA) is 102 Å². The van der Waals surface area contributed by atoms with Crippen molar-refractivity contribution >= 4 is 17.1 Å². The van der Waals surface area contributed by atoms with E-state index in [9.17, 15) is 4.79 Å². The van der Waals surface area contributed by atoms with Crippen molar-refractivity contribution in [2.75, 3.05) is 0 Å². The molecule has 3 rings (SSSR count). The number of rotatable bonds is 2. The Morgan fingerprint density at radius 1 is 1.41 bits per heavy atom. The lowest BCUT2D eigenvalue weighted by Gasteiger charge is -1.83. The van der Waals surface area contributed by atoms with E-state index < -0.39 is 11.9 Å². The highest BCUT2D eigenvalue weighted by atomic mass is 16.5. The zero-order valence-electron chi connectivity index (χ0n) is 8.32. The third kappa shape index (κ3) is 1.53. The number of carbonyl (C=O) groups is 1. The number of aromatic nitrogens is 3. The highest BCUT2D eigenvalue weighted by Gasteiger charge is 2.17. The Hall–Kier alpha value is -2.70. The van der Waals surface area contributed by atoms with Crippen molar-refractivity contribution in [2.24, 2.45) is 0 Å². The minimum atomic E-state index is -1.28. The molecule has 0 spiro atoms. The molecule has 0 aliphatic heterocycles. The van der Waals surface area contributed by atoms with Crippen LogP contribution in [0.4, 0.5) is 0 Å². The van der Waals surface area contributed by atoms with Crippen molar-refractivity contribution in [3.8, 4) is 11.6 Å². The molecule has 0 bridgehead atoms. The molecule has 7 heteroatoms. The molecule has 0 unspecified atom stereocenters. The van der Waals surface area contributed by atoms with E-state index in [0.29, 0.717) is 11.5 Å². The molecule has 7 nitrogen and oxygen atoms in total. The molecule has 3 aromatic heterocycles. The summed E-state index contributed by atoms with van der Waals surface area (Å²) >= 11 is 0. The highest BCUT2D eigenvalue weighted by molar-refractivity contribution is 5.83. The normalized spacial score (nSPS) is 10.8. The molecule has 0 aliphatic rings. The van der Waals surface area contributed by atoms with Gasteiger partial charge in [0.1, 0.15) is 0 Å². The predicted molar refractivity (Wildman–Crippen MR) is 54.3 cm³/mol. The van der Waals surface area contributed by atoms with Crippen LogP contribution in [-0.4, -0.2) is 26.2 Å². The fraction of sp³-hybridized carbons (Fsp3) is 0. The molecule has 0 aliphatic carbocycles. The molecule has 0 aromatic carbocycles. The number of carboxylic acid groups (broad SMARTS) is 1. The lowest BCUT2D eigenvalue weighted by molar-refractivity contribution is 0.0643. The van der Waals surface area contributed by atoms with Crippen LogP contribution in [0.2, 0.25) is 0 Å². The predicted octanol–water partition coefficient (Wildman–Crippen LogP) is 1.58. The van der Waals surface area contributed by atoms with Crippen LogP contribution < -0.4 is 0 Å². The molecule has 0 saturated heterocycles. The zero-order chi connectivity index (χ0) is 11.8. The van der Waals surface area contributed by atoms with E-state index in [-0.39, 0.29) is 5.82 Å². The van der Waals surface area contributed by atoms with Gasteiger partial charge < -0.3 is 14.0 Å². The van der Waals surface area contributed by atoms with Gasteiger partial charge in [0.15, 0.2) is 5.76 Å². The fourth-order valence-electron chi connectivity index (χ4n) is 1.39. The van der Waals surface area contributed by atoms with Gasteiger partial charge >= 0.3 is 11.9 Å². The van der Waals surface area contributed by atoms with Crippen molar-refractivity contribution < 1.29 is 18.8 Å². The molecule has 0 amide bonds. The molecule has 3 heterocycles. The second-order valence-corrected chi connectivity index (χ2v) is 3.24. The van der Waals surface area contributed by atoms with E-state index in [1.54, 1.807) is 18.3 Å². The Bertz CT molecular complexity index is 667. The van der Waals surface area contributed by atoms with Gasteiger partial charge in [0.05, 0.1) is 0 Å². The van der Waals surface area contributed by atoms with Crippen molar-refractivity contribution in [2.45, 2.75) is 0 Å². The van der Waals surface area contributed by atoms with Crippen molar-refractivity contribution in [3.05, 3.63) is 30.3 Å². The summed E-state index contributed by atoms with van der Waals surface area (Å²) in [4.78, 5) is 18.3. The van der Waals surface area contributed by atoms with Crippen LogP contribution in [0.1, 0.15) is 10.7 Å². The zero-order valence-corrected chi connectivity index (χ0v) is 8.32. The molecule has 0 fully saturated rings. The largest absolute Gasteiger partial charge is 0.474 e. The summed E-state index contributed by atoms with van der Waals surface area (Å²) in [6.07, 6.45) is 1.59. The minimum Gasteiger partial charge on any atom is -0.474 e. The third-order valence-corrected chi connectivity index (χ3v) is 2.12. The Morgan fingerprint density at radius 2 is 2.29 bits per heavy atom. The minimum absolute atomic E-state index is 0.0837. The maximum absolute atomic E-state index is 10.6. The van der Waals surface area contributed by atoms with Crippen LogP contribution in [0.25, 0.3) is 22.7 Å². The van der Waals surface area contributed by atoms with Gasteiger partial charge in [-0.05, 0) is 18.2 Å². The summed E-state index contributed by atoms with van der Waals surface area (Å²) in [7, 11) is 0. The monoisotopic (exact) mass is 231 g/mol. The number of pyridine rings is 1. The molecular formula is C10H5N3O4. The average Bonchev–Trinajstić information content (AvgIpc) is 2.95. The number of nitrogens with zero attached hydrogens (tertiary/aromatic N) is 3. The lowest BCUT2D eigenvalue weighted by atomic mass is 10.3. The van der Waals surface area contributed by atoms with Gasteiger partial charge in [-0.2, -0.15) is 4.98 Å². The first-order chi connectivity index (χ1) is 8.24. The van der Waals surface area contributed by atoms with Crippen LogP contribution in [0.15, 0.2) is 33.3 Å². The number of hydrogen-bond acceptors (Lipinski definition) is 6. The molecule has 1 N–H and O–H groups in total. The number of aromatic carboxylic acids is 1. The molecule has 84 valence electrons. The SMILES string of the molecule is O=C(O)c1nc(-c2cc3cccnc3o2)no1. The Kier molecular flexibility index (Phi) is 1.91. The average molecular weight is 231 g/mol. The summed E-state index contributed by atoms with van der Waals surface area (Å²) < 4.78 is 9.89. The number of hydrogen-bond donors (Lipinski definition) is 1. The molecule has 3 aromatic rings. The first-order valence-electron chi connectivity index (χ1n) is 4.66. The van der Waals surface area contributed by atoms with Gasteiger partial charge in [-0.3, -0.25) is 0 Å². The Balaban J connectivity index is 2.10. The molecule has 17 heavy (non-hydrogen) atoms. The quantitative estimate of drug-likeness (QED) is 0.713. The standard InChI is InChI=1S/C10H5N3O4/c14-10(15)9-12-7(13-17-9)6-4-5-2-1-3-11-8(5)16-6/h1-4H,(H,14,15). The van der Waals surface area contributed by atoms with Gasteiger partial charge in [0.2, 0.25) is 11.5 Å². The van der Waals surface area contributed by atoms with Gasteiger partial charge in [-0.1, -0.05) is 5.16 Å². The van der Waals surface area contributed by atoms with Crippen molar-refractivity contribution in [1.82, 2.24) is 15.1 Å². The maximum atomic E-state index is 10.6. The van der Waals surface area contributed by atoms with Crippen LogP contribution in [0.5, 0.6) is 0 Å². The number of fused-ring (bicyclic) bond motifs is 1. The van der Waals surface area contributed by atoms with Gasteiger partial charge in [0, 0.05) is 11.6 Å². The highest BCUT2D eigenvalue weighted by Crippen LogP contribution is 2.24. The van der Waals surface area contributed by atoms with E-state index in [0.717, 1.165) is 5.39 Å². The maximum Gasteiger partial charge on any atom is 0.394 e. The van der Waals surface area contributed by atoms with Gasteiger partial charge in [-0.25, -0.2) is 9.78 Å². The van der Waals surface area contributed by atoms with E-state index in [4.69, 9.17) is 9.52 Å². The second-order valence-electron chi connectivity index (χ2n) is 3.24. The van der Waals surface area contributed by atoms with E-state index in [1.165, 1.54) is 0 Å².